The van der Waals surface area contributed by atoms with E-state index in [1.165, 1.54) is 12.7 Å². The van der Waals surface area contributed by atoms with E-state index in [2.05, 4.69) is 15.7 Å². The lowest BCUT2D eigenvalue weighted by molar-refractivity contribution is -0.140. The number of ether oxygens (including phenoxy) is 2. The van der Waals surface area contributed by atoms with Crippen molar-refractivity contribution in [3.8, 4) is 5.75 Å². The van der Waals surface area contributed by atoms with Gasteiger partial charge in [0.1, 0.15) is 5.75 Å². The Balaban J connectivity index is 2.33. The average Bonchev–Trinajstić information content (AvgIpc) is 2.42. The number of esters is 1. The number of rotatable bonds is 7. The molecule has 100 valence electrons. The molecule has 0 unspecified atom stereocenters. The number of benzene rings is 1. The minimum atomic E-state index is -0.164. The van der Waals surface area contributed by atoms with Crippen LogP contribution in [0.25, 0.3) is 0 Å². The lowest BCUT2D eigenvalue weighted by atomic mass is 10.1. The van der Waals surface area contributed by atoms with Crippen LogP contribution in [0.15, 0.2) is 24.3 Å². The maximum absolute atomic E-state index is 11.0. The molecule has 0 saturated carbocycles. The zero-order chi connectivity index (χ0) is 13.4. The van der Waals surface area contributed by atoms with Crippen molar-refractivity contribution in [2.45, 2.75) is 12.8 Å². The van der Waals surface area contributed by atoms with E-state index in [4.69, 9.17) is 4.74 Å². The first kappa shape index (κ1) is 14.5. The molecular formula is C14H21NO3. The minimum Gasteiger partial charge on any atom is -0.497 e. The quantitative estimate of drug-likeness (QED) is 0.692. The Morgan fingerprint density at radius 3 is 2.72 bits per heavy atom. The molecule has 0 aliphatic rings. The van der Waals surface area contributed by atoms with Gasteiger partial charge in [0.15, 0.2) is 0 Å². The van der Waals surface area contributed by atoms with Crippen LogP contribution in [0.3, 0.4) is 0 Å². The fourth-order valence-electron chi connectivity index (χ4n) is 1.64. The van der Waals surface area contributed by atoms with E-state index in [0.717, 1.165) is 25.3 Å². The van der Waals surface area contributed by atoms with Crippen molar-refractivity contribution in [1.29, 1.82) is 0 Å². The predicted octanol–water partition coefficient (Wildman–Crippen LogP) is 1.73. The molecule has 1 rings (SSSR count). The van der Waals surface area contributed by atoms with Gasteiger partial charge < -0.3 is 14.4 Å². The largest absolute Gasteiger partial charge is 0.497 e. The molecule has 0 atom stereocenters. The van der Waals surface area contributed by atoms with E-state index in [-0.39, 0.29) is 5.97 Å². The van der Waals surface area contributed by atoms with Gasteiger partial charge in [-0.1, -0.05) is 12.1 Å². The van der Waals surface area contributed by atoms with Crippen LogP contribution < -0.4 is 4.74 Å². The Kier molecular flexibility index (Phi) is 6.22. The minimum absolute atomic E-state index is 0.164. The maximum atomic E-state index is 11.0. The second-order valence-electron chi connectivity index (χ2n) is 4.23. The average molecular weight is 251 g/mol. The van der Waals surface area contributed by atoms with Crippen LogP contribution >= 0.6 is 0 Å². The molecule has 18 heavy (non-hydrogen) atoms. The summed E-state index contributed by atoms with van der Waals surface area (Å²) in [6.07, 6.45) is 1.37. The number of hydrogen-bond acceptors (Lipinski definition) is 4. The Morgan fingerprint density at radius 1 is 1.28 bits per heavy atom. The number of carbonyl (C=O) groups excluding carboxylic acids is 1. The number of methoxy groups -OCH3 is 2. The third kappa shape index (κ3) is 5.19. The van der Waals surface area contributed by atoms with Crippen molar-refractivity contribution in [2.75, 3.05) is 34.4 Å². The molecule has 0 saturated heterocycles. The summed E-state index contributed by atoms with van der Waals surface area (Å²) < 4.78 is 9.79. The van der Waals surface area contributed by atoms with Crippen molar-refractivity contribution in [1.82, 2.24) is 4.90 Å². The molecule has 0 amide bonds. The molecule has 0 aromatic heterocycles. The highest BCUT2D eigenvalue weighted by Crippen LogP contribution is 2.13. The predicted molar refractivity (Wildman–Crippen MR) is 70.8 cm³/mol. The third-order valence-electron chi connectivity index (χ3n) is 2.84. The van der Waals surface area contributed by atoms with Crippen LogP contribution in [0.5, 0.6) is 5.75 Å². The highest BCUT2D eigenvalue weighted by Gasteiger charge is 2.04. The van der Waals surface area contributed by atoms with Crippen LogP contribution in [0.4, 0.5) is 0 Å². The van der Waals surface area contributed by atoms with Gasteiger partial charge in [0, 0.05) is 13.1 Å². The first-order valence-corrected chi connectivity index (χ1v) is 6.04. The van der Waals surface area contributed by atoms with Crippen molar-refractivity contribution >= 4 is 5.97 Å². The molecule has 0 heterocycles. The molecule has 0 bridgehead atoms. The molecule has 0 spiro atoms. The van der Waals surface area contributed by atoms with E-state index in [9.17, 15) is 4.79 Å². The summed E-state index contributed by atoms with van der Waals surface area (Å²) in [7, 11) is 5.09. The monoisotopic (exact) mass is 251 g/mol. The van der Waals surface area contributed by atoms with E-state index in [1.807, 2.05) is 25.2 Å². The standard InChI is InChI=1S/C14H21NO3/c1-15(10-8-14(16)18-3)9-7-12-5-4-6-13(11-12)17-2/h4-6,11H,7-10H2,1-3H3. The second-order valence-corrected chi connectivity index (χ2v) is 4.23. The molecule has 4 nitrogen and oxygen atoms in total. The summed E-state index contributed by atoms with van der Waals surface area (Å²) in [5.41, 5.74) is 1.24. The van der Waals surface area contributed by atoms with Crippen LogP contribution in [-0.2, 0) is 16.0 Å². The fourth-order valence-corrected chi connectivity index (χ4v) is 1.64. The molecule has 0 aliphatic carbocycles. The van der Waals surface area contributed by atoms with Crippen molar-refractivity contribution in [3.63, 3.8) is 0 Å². The second kappa shape index (κ2) is 7.71. The van der Waals surface area contributed by atoms with Crippen molar-refractivity contribution in [3.05, 3.63) is 29.8 Å². The molecule has 0 radical (unpaired) electrons. The number of nitrogens with zero attached hydrogens (tertiary/aromatic N) is 1. The Labute approximate surface area is 108 Å². The number of carbonyl (C=O) groups is 1. The first-order chi connectivity index (χ1) is 8.65. The van der Waals surface area contributed by atoms with Gasteiger partial charge in [0.25, 0.3) is 0 Å². The van der Waals surface area contributed by atoms with Gasteiger partial charge >= 0.3 is 5.97 Å². The molecular weight excluding hydrogens is 230 g/mol. The van der Waals surface area contributed by atoms with Gasteiger partial charge in [-0.2, -0.15) is 0 Å². The molecule has 4 heteroatoms. The zero-order valence-electron chi connectivity index (χ0n) is 11.3. The topological polar surface area (TPSA) is 38.8 Å². The van der Waals surface area contributed by atoms with Crippen LogP contribution in [-0.4, -0.2) is 45.2 Å². The van der Waals surface area contributed by atoms with E-state index in [0.29, 0.717) is 6.42 Å². The zero-order valence-corrected chi connectivity index (χ0v) is 11.3. The highest BCUT2D eigenvalue weighted by molar-refractivity contribution is 5.69. The van der Waals surface area contributed by atoms with Crippen LogP contribution in [0.2, 0.25) is 0 Å². The van der Waals surface area contributed by atoms with Gasteiger partial charge in [-0.25, -0.2) is 0 Å². The third-order valence-corrected chi connectivity index (χ3v) is 2.84. The summed E-state index contributed by atoms with van der Waals surface area (Å²) in [5, 5.41) is 0. The number of likely N-dealkylation sites (N-methyl/N-ethyl adjacent to an activating group) is 1. The molecule has 1 aromatic carbocycles. The lowest BCUT2D eigenvalue weighted by Crippen LogP contribution is -2.24. The fraction of sp³-hybridized carbons (Fsp3) is 0.500. The molecule has 1 aromatic rings. The summed E-state index contributed by atoms with van der Waals surface area (Å²) >= 11 is 0. The maximum Gasteiger partial charge on any atom is 0.306 e. The van der Waals surface area contributed by atoms with E-state index in [1.54, 1.807) is 7.11 Å². The molecule has 0 fully saturated rings. The Bertz CT molecular complexity index is 379. The Hall–Kier alpha value is -1.55. The molecule has 0 N–H and O–H groups in total. The van der Waals surface area contributed by atoms with E-state index >= 15 is 0 Å². The van der Waals surface area contributed by atoms with Crippen molar-refractivity contribution < 1.29 is 14.3 Å². The SMILES string of the molecule is COC(=O)CCN(C)CCc1cccc(OC)c1. The van der Waals surface area contributed by atoms with E-state index < -0.39 is 0 Å². The van der Waals surface area contributed by atoms with Gasteiger partial charge in [0.2, 0.25) is 0 Å². The van der Waals surface area contributed by atoms with Gasteiger partial charge in [-0.05, 0) is 31.2 Å². The number of hydrogen-bond donors (Lipinski definition) is 0. The summed E-state index contributed by atoms with van der Waals surface area (Å²) in [5.74, 6) is 0.716. The van der Waals surface area contributed by atoms with Crippen LogP contribution in [0.1, 0.15) is 12.0 Å². The molecule has 0 aliphatic heterocycles. The van der Waals surface area contributed by atoms with Gasteiger partial charge in [-0.15, -0.1) is 0 Å². The summed E-state index contributed by atoms with van der Waals surface area (Å²) in [6.45, 7) is 1.63. The van der Waals surface area contributed by atoms with Crippen molar-refractivity contribution in [2.24, 2.45) is 0 Å². The first-order valence-electron chi connectivity index (χ1n) is 6.04. The van der Waals surface area contributed by atoms with Gasteiger partial charge in [0.05, 0.1) is 20.6 Å². The summed E-state index contributed by atoms with van der Waals surface area (Å²) in [6, 6.07) is 8.04. The van der Waals surface area contributed by atoms with Crippen LogP contribution in [0, 0.1) is 0 Å². The lowest BCUT2D eigenvalue weighted by Gasteiger charge is -2.15. The Morgan fingerprint density at radius 2 is 2.06 bits per heavy atom. The highest BCUT2D eigenvalue weighted by atomic mass is 16.5. The van der Waals surface area contributed by atoms with Gasteiger partial charge in [-0.3, -0.25) is 4.79 Å². The summed E-state index contributed by atoms with van der Waals surface area (Å²) in [4.78, 5) is 13.1. The smallest absolute Gasteiger partial charge is 0.306 e. The normalized spacial score (nSPS) is 10.4.